The Morgan fingerprint density at radius 3 is 2.59 bits per heavy atom. The lowest BCUT2D eigenvalue weighted by atomic mass is 9.95. The Morgan fingerprint density at radius 1 is 1.41 bits per heavy atom. The van der Waals surface area contributed by atoms with Gasteiger partial charge >= 0.3 is 5.97 Å². The van der Waals surface area contributed by atoms with Crippen LogP contribution in [-0.2, 0) is 11.4 Å². The molecule has 0 aliphatic rings. The van der Waals surface area contributed by atoms with Gasteiger partial charge < -0.3 is 14.9 Å². The number of hydrogen-bond acceptors (Lipinski definition) is 3. The van der Waals surface area contributed by atoms with E-state index >= 15 is 0 Å². The van der Waals surface area contributed by atoms with E-state index in [-0.39, 0.29) is 13.2 Å². The average Bonchev–Trinajstić information content (AvgIpc) is 2.26. The molecule has 0 radical (unpaired) electrons. The Hall–Kier alpha value is -1.55. The fourth-order valence-corrected chi connectivity index (χ4v) is 1.36. The number of hydrogen-bond donors (Lipinski definition) is 2. The molecule has 1 aromatic carbocycles. The van der Waals surface area contributed by atoms with Gasteiger partial charge in [-0.15, -0.1) is 0 Å². The predicted octanol–water partition coefficient (Wildman–Crippen LogP) is 1.98. The molecule has 0 aliphatic carbocycles. The molecule has 4 heteroatoms. The Labute approximate surface area is 101 Å². The van der Waals surface area contributed by atoms with Gasteiger partial charge in [-0.2, -0.15) is 0 Å². The van der Waals surface area contributed by atoms with Crippen molar-refractivity contribution in [1.29, 1.82) is 0 Å². The van der Waals surface area contributed by atoms with Crippen molar-refractivity contribution in [1.82, 2.24) is 0 Å². The van der Waals surface area contributed by atoms with E-state index in [0.29, 0.717) is 11.3 Å². The molecule has 0 aromatic heterocycles. The molecule has 0 heterocycles. The van der Waals surface area contributed by atoms with Crippen LogP contribution in [0.4, 0.5) is 0 Å². The number of carbonyl (C=O) groups is 1. The quantitative estimate of drug-likeness (QED) is 0.823. The highest BCUT2D eigenvalue weighted by Crippen LogP contribution is 2.26. The zero-order chi connectivity index (χ0) is 13.1. The standard InChI is InChI=1S/C13H18O4/c1-9-5-4-6-10(7-14)11(9)17-8-13(2,3)12(15)16/h4-6,14H,7-8H2,1-3H3,(H,15,16). The maximum Gasteiger partial charge on any atom is 0.312 e. The third-order valence-corrected chi connectivity index (χ3v) is 2.62. The Kier molecular flexibility index (Phi) is 4.12. The molecule has 0 saturated heterocycles. The van der Waals surface area contributed by atoms with Crippen LogP contribution in [0.5, 0.6) is 5.75 Å². The fourth-order valence-electron chi connectivity index (χ4n) is 1.36. The van der Waals surface area contributed by atoms with Gasteiger partial charge in [-0.05, 0) is 26.3 Å². The van der Waals surface area contributed by atoms with Crippen LogP contribution in [-0.4, -0.2) is 22.8 Å². The highest BCUT2D eigenvalue weighted by atomic mass is 16.5. The first-order valence-corrected chi connectivity index (χ1v) is 5.44. The Balaban J connectivity index is 2.86. The Morgan fingerprint density at radius 2 is 2.06 bits per heavy atom. The molecular weight excluding hydrogens is 220 g/mol. The molecule has 0 amide bonds. The second-order valence-corrected chi connectivity index (χ2v) is 4.70. The summed E-state index contributed by atoms with van der Waals surface area (Å²) in [6.45, 7) is 5.02. The number of aliphatic carboxylic acids is 1. The van der Waals surface area contributed by atoms with E-state index in [2.05, 4.69) is 0 Å². The molecule has 2 N–H and O–H groups in total. The molecule has 0 atom stereocenters. The molecule has 0 fully saturated rings. The number of benzene rings is 1. The summed E-state index contributed by atoms with van der Waals surface area (Å²) >= 11 is 0. The van der Waals surface area contributed by atoms with Crippen LogP contribution in [0.25, 0.3) is 0 Å². The van der Waals surface area contributed by atoms with Gasteiger partial charge in [0.2, 0.25) is 0 Å². The molecule has 1 aromatic rings. The van der Waals surface area contributed by atoms with Crippen molar-refractivity contribution in [2.24, 2.45) is 5.41 Å². The monoisotopic (exact) mass is 238 g/mol. The minimum absolute atomic E-state index is 0.0696. The van der Waals surface area contributed by atoms with Crippen LogP contribution in [0.15, 0.2) is 18.2 Å². The van der Waals surface area contributed by atoms with Crippen LogP contribution < -0.4 is 4.74 Å². The summed E-state index contributed by atoms with van der Waals surface area (Å²) in [5.41, 5.74) is 0.610. The van der Waals surface area contributed by atoms with Crippen molar-refractivity contribution < 1.29 is 19.7 Å². The zero-order valence-corrected chi connectivity index (χ0v) is 10.4. The third kappa shape index (κ3) is 3.20. The number of rotatable bonds is 5. The largest absolute Gasteiger partial charge is 0.492 e. The van der Waals surface area contributed by atoms with Crippen molar-refractivity contribution in [3.63, 3.8) is 0 Å². The molecular formula is C13H18O4. The van der Waals surface area contributed by atoms with Gasteiger partial charge in [-0.1, -0.05) is 18.2 Å². The summed E-state index contributed by atoms with van der Waals surface area (Å²) in [4.78, 5) is 11.0. The first kappa shape index (κ1) is 13.5. The van der Waals surface area contributed by atoms with E-state index in [0.717, 1.165) is 5.56 Å². The van der Waals surface area contributed by atoms with Crippen molar-refractivity contribution in [2.75, 3.05) is 6.61 Å². The molecule has 0 saturated carbocycles. The molecule has 1 rings (SSSR count). The number of carboxylic acids is 1. The molecule has 0 aliphatic heterocycles. The lowest BCUT2D eigenvalue weighted by Crippen LogP contribution is -2.31. The fraction of sp³-hybridized carbons (Fsp3) is 0.462. The summed E-state index contributed by atoms with van der Waals surface area (Å²) < 4.78 is 5.54. The zero-order valence-electron chi connectivity index (χ0n) is 10.4. The lowest BCUT2D eigenvalue weighted by Gasteiger charge is -2.21. The molecule has 17 heavy (non-hydrogen) atoms. The van der Waals surface area contributed by atoms with E-state index in [9.17, 15) is 9.90 Å². The van der Waals surface area contributed by atoms with E-state index in [4.69, 9.17) is 9.84 Å². The summed E-state index contributed by atoms with van der Waals surface area (Å²) in [7, 11) is 0. The SMILES string of the molecule is Cc1cccc(CO)c1OCC(C)(C)C(=O)O. The van der Waals surface area contributed by atoms with E-state index in [1.165, 1.54) is 0 Å². The highest BCUT2D eigenvalue weighted by molar-refractivity contribution is 5.73. The number of aliphatic hydroxyl groups excluding tert-OH is 1. The Bertz CT molecular complexity index is 410. The minimum atomic E-state index is -0.949. The van der Waals surface area contributed by atoms with E-state index in [1.807, 2.05) is 19.1 Å². The highest BCUT2D eigenvalue weighted by Gasteiger charge is 2.28. The summed E-state index contributed by atoms with van der Waals surface area (Å²) in [6.07, 6.45) is 0. The average molecular weight is 238 g/mol. The van der Waals surface area contributed by atoms with Gasteiger partial charge in [0, 0.05) is 5.56 Å². The second kappa shape index (κ2) is 5.19. The van der Waals surface area contributed by atoms with Crippen molar-refractivity contribution in [3.05, 3.63) is 29.3 Å². The van der Waals surface area contributed by atoms with Gasteiger partial charge in [0.25, 0.3) is 0 Å². The first-order valence-electron chi connectivity index (χ1n) is 5.44. The summed E-state index contributed by atoms with van der Waals surface area (Å²) in [5.74, 6) is -0.332. The van der Waals surface area contributed by atoms with Crippen LogP contribution in [0.3, 0.4) is 0 Å². The summed E-state index contributed by atoms with van der Waals surface area (Å²) in [5, 5.41) is 18.2. The molecule has 94 valence electrons. The topological polar surface area (TPSA) is 66.8 Å². The van der Waals surface area contributed by atoms with Gasteiger partial charge in [-0.3, -0.25) is 4.79 Å². The second-order valence-electron chi connectivity index (χ2n) is 4.70. The van der Waals surface area contributed by atoms with E-state index < -0.39 is 11.4 Å². The van der Waals surface area contributed by atoms with Gasteiger partial charge in [0.1, 0.15) is 12.4 Å². The summed E-state index contributed by atoms with van der Waals surface area (Å²) in [6, 6.07) is 5.45. The van der Waals surface area contributed by atoms with Gasteiger partial charge in [0.05, 0.1) is 12.0 Å². The number of para-hydroxylation sites is 1. The van der Waals surface area contributed by atoms with Crippen molar-refractivity contribution >= 4 is 5.97 Å². The van der Waals surface area contributed by atoms with Gasteiger partial charge in [-0.25, -0.2) is 0 Å². The van der Waals surface area contributed by atoms with Crippen molar-refractivity contribution in [2.45, 2.75) is 27.4 Å². The van der Waals surface area contributed by atoms with Crippen molar-refractivity contribution in [3.8, 4) is 5.75 Å². The maximum atomic E-state index is 11.0. The third-order valence-electron chi connectivity index (χ3n) is 2.62. The molecule has 0 spiro atoms. The number of aliphatic hydroxyl groups is 1. The van der Waals surface area contributed by atoms with Crippen LogP contribution >= 0.6 is 0 Å². The lowest BCUT2D eigenvalue weighted by molar-refractivity contribution is -0.148. The van der Waals surface area contributed by atoms with Crippen LogP contribution in [0.1, 0.15) is 25.0 Å². The number of aryl methyl sites for hydroxylation is 1. The molecule has 0 unspecified atom stereocenters. The smallest absolute Gasteiger partial charge is 0.312 e. The normalized spacial score (nSPS) is 11.3. The van der Waals surface area contributed by atoms with E-state index in [1.54, 1.807) is 19.9 Å². The number of ether oxygens (including phenoxy) is 1. The number of carboxylic acid groups (broad SMARTS) is 1. The predicted molar refractivity (Wildman–Crippen MR) is 64.0 cm³/mol. The van der Waals surface area contributed by atoms with Crippen LogP contribution in [0.2, 0.25) is 0 Å². The molecule has 0 bridgehead atoms. The molecule has 4 nitrogen and oxygen atoms in total. The first-order chi connectivity index (χ1) is 7.88. The van der Waals surface area contributed by atoms with Gasteiger partial charge in [0.15, 0.2) is 0 Å². The van der Waals surface area contributed by atoms with Crippen LogP contribution in [0, 0.1) is 12.3 Å². The minimum Gasteiger partial charge on any atom is -0.492 e. The maximum absolute atomic E-state index is 11.0.